The molecule has 0 aromatic heterocycles. The third-order valence-corrected chi connectivity index (χ3v) is 2.17. The van der Waals surface area contributed by atoms with Crippen molar-refractivity contribution in [1.29, 1.82) is 0 Å². The molecule has 2 nitrogen and oxygen atoms in total. The standard InChI is InChI=1S/C11H21NO/c1-4-6-7-8-9-10(3)11(5-2)12-13/h9,13H,4-8H2,1-3H3/b10-9+,12-11?. The zero-order chi connectivity index (χ0) is 10.1. The monoisotopic (exact) mass is 183 g/mol. The Bertz CT molecular complexity index is 183. The highest BCUT2D eigenvalue weighted by Crippen LogP contribution is 2.06. The van der Waals surface area contributed by atoms with Gasteiger partial charge in [-0.3, -0.25) is 0 Å². The Hall–Kier alpha value is -0.790. The number of nitrogens with zero attached hydrogens (tertiary/aromatic N) is 1. The topological polar surface area (TPSA) is 32.6 Å². The van der Waals surface area contributed by atoms with Gasteiger partial charge in [0.25, 0.3) is 0 Å². The van der Waals surface area contributed by atoms with Gasteiger partial charge in [-0.1, -0.05) is 37.9 Å². The SMILES string of the molecule is CCCCC/C=C(\C)C(CC)=NO. The zero-order valence-corrected chi connectivity index (χ0v) is 9.01. The van der Waals surface area contributed by atoms with E-state index in [-0.39, 0.29) is 0 Å². The van der Waals surface area contributed by atoms with Crippen molar-refractivity contribution in [2.45, 2.75) is 52.9 Å². The Kier molecular flexibility index (Phi) is 7.36. The third-order valence-electron chi connectivity index (χ3n) is 2.17. The second kappa shape index (κ2) is 7.84. The number of allylic oxidation sites excluding steroid dienone is 2. The molecule has 0 aliphatic heterocycles. The third kappa shape index (κ3) is 5.45. The van der Waals surface area contributed by atoms with E-state index in [4.69, 9.17) is 5.21 Å². The number of rotatable bonds is 6. The molecule has 1 N–H and O–H groups in total. The molecule has 0 aliphatic rings. The van der Waals surface area contributed by atoms with E-state index < -0.39 is 0 Å². The summed E-state index contributed by atoms with van der Waals surface area (Å²) in [5, 5.41) is 11.9. The van der Waals surface area contributed by atoms with Gasteiger partial charge in [0, 0.05) is 0 Å². The number of hydrogen-bond acceptors (Lipinski definition) is 2. The molecule has 13 heavy (non-hydrogen) atoms. The van der Waals surface area contributed by atoms with Crippen LogP contribution in [0, 0.1) is 0 Å². The molecule has 0 bridgehead atoms. The summed E-state index contributed by atoms with van der Waals surface area (Å²) in [5.74, 6) is 0. The maximum Gasteiger partial charge on any atom is 0.0818 e. The predicted molar refractivity (Wildman–Crippen MR) is 57.4 cm³/mol. The van der Waals surface area contributed by atoms with Crippen LogP contribution in [0.4, 0.5) is 0 Å². The summed E-state index contributed by atoms with van der Waals surface area (Å²) < 4.78 is 0. The Morgan fingerprint density at radius 2 is 2.00 bits per heavy atom. The molecule has 0 heterocycles. The highest BCUT2D eigenvalue weighted by molar-refractivity contribution is 5.98. The van der Waals surface area contributed by atoms with Crippen LogP contribution >= 0.6 is 0 Å². The molecule has 2 heteroatoms. The summed E-state index contributed by atoms with van der Waals surface area (Å²) in [4.78, 5) is 0. The lowest BCUT2D eigenvalue weighted by Gasteiger charge is -2.00. The van der Waals surface area contributed by atoms with Crippen LogP contribution in [0.25, 0.3) is 0 Å². The number of unbranched alkanes of at least 4 members (excludes halogenated alkanes) is 3. The van der Waals surface area contributed by atoms with Crippen molar-refractivity contribution < 1.29 is 5.21 Å². The molecule has 0 amide bonds. The Morgan fingerprint density at radius 3 is 2.46 bits per heavy atom. The molecule has 0 atom stereocenters. The predicted octanol–water partition coefficient (Wildman–Crippen LogP) is 3.75. The van der Waals surface area contributed by atoms with Gasteiger partial charge < -0.3 is 5.21 Å². The largest absolute Gasteiger partial charge is 0.411 e. The van der Waals surface area contributed by atoms with E-state index in [1.807, 2.05) is 13.8 Å². The van der Waals surface area contributed by atoms with E-state index in [0.717, 1.165) is 24.1 Å². The smallest absolute Gasteiger partial charge is 0.0818 e. The van der Waals surface area contributed by atoms with Gasteiger partial charge in [-0.05, 0) is 31.8 Å². The van der Waals surface area contributed by atoms with Crippen LogP contribution in [0.1, 0.15) is 52.9 Å². The first-order chi connectivity index (χ1) is 6.26. The van der Waals surface area contributed by atoms with Gasteiger partial charge in [0.05, 0.1) is 5.71 Å². The van der Waals surface area contributed by atoms with E-state index in [9.17, 15) is 0 Å². The minimum atomic E-state index is 0.798. The molecule has 0 aromatic carbocycles. The van der Waals surface area contributed by atoms with Crippen LogP contribution in [-0.4, -0.2) is 10.9 Å². The van der Waals surface area contributed by atoms with E-state index in [2.05, 4.69) is 18.2 Å². The summed E-state index contributed by atoms with van der Waals surface area (Å²) in [7, 11) is 0. The van der Waals surface area contributed by atoms with Crippen molar-refractivity contribution >= 4 is 5.71 Å². The van der Waals surface area contributed by atoms with Crippen LogP contribution in [0.3, 0.4) is 0 Å². The van der Waals surface area contributed by atoms with Gasteiger partial charge in [0.2, 0.25) is 0 Å². The number of oxime groups is 1. The fourth-order valence-corrected chi connectivity index (χ4v) is 1.26. The Morgan fingerprint density at radius 1 is 1.31 bits per heavy atom. The molecule has 76 valence electrons. The molecule has 0 aromatic rings. The first-order valence-corrected chi connectivity index (χ1v) is 5.14. The molecule has 0 saturated heterocycles. The van der Waals surface area contributed by atoms with Crippen molar-refractivity contribution in [3.05, 3.63) is 11.6 Å². The van der Waals surface area contributed by atoms with Gasteiger partial charge in [0.1, 0.15) is 0 Å². The first kappa shape index (κ1) is 12.2. The summed E-state index contributed by atoms with van der Waals surface area (Å²) >= 11 is 0. The van der Waals surface area contributed by atoms with E-state index >= 15 is 0 Å². The fraction of sp³-hybridized carbons (Fsp3) is 0.727. The normalized spacial score (nSPS) is 13.5. The highest BCUT2D eigenvalue weighted by atomic mass is 16.4. The Labute approximate surface area is 81.3 Å². The molecule has 0 spiro atoms. The van der Waals surface area contributed by atoms with Crippen LogP contribution < -0.4 is 0 Å². The van der Waals surface area contributed by atoms with Crippen LogP contribution in [-0.2, 0) is 0 Å². The summed E-state index contributed by atoms with van der Waals surface area (Å²) in [6.45, 7) is 6.20. The molecule has 0 aliphatic carbocycles. The average Bonchev–Trinajstić information content (AvgIpc) is 2.14. The van der Waals surface area contributed by atoms with Crippen molar-refractivity contribution in [3.63, 3.8) is 0 Å². The van der Waals surface area contributed by atoms with Crippen molar-refractivity contribution in [1.82, 2.24) is 0 Å². The molecule has 0 saturated carbocycles. The lowest BCUT2D eigenvalue weighted by atomic mass is 10.1. The van der Waals surface area contributed by atoms with Gasteiger partial charge in [0.15, 0.2) is 0 Å². The van der Waals surface area contributed by atoms with E-state index in [0.29, 0.717) is 0 Å². The molecular weight excluding hydrogens is 162 g/mol. The zero-order valence-electron chi connectivity index (χ0n) is 9.01. The molecule has 0 unspecified atom stereocenters. The van der Waals surface area contributed by atoms with Gasteiger partial charge in [-0.25, -0.2) is 0 Å². The van der Waals surface area contributed by atoms with Gasteiger partial charge >= 0.3 is 0 Å². The van der Waals surface area contributed by atoms with Crippen LogP contribution in [0.2, 0.25) is 0 Å². The van der Waals surface area contributed by atoms with Gasteiger partial charge in [-0.15, -0.1) is 0 Å². The summed E-state index contributed by atoms with van der Waals surface area (Å²) in [5.41, 5.74) is 1.91. The quantitative estimate of drug-likeness (QED) is 0.289. The van der Waals surface area contributed by atoms with Gasteiger partial charge in [-0.2, -0.15) is 0 Å². The lowest BCUT2D eigenvalue weighted by Crippen LogP contribution is -1.97. The van der Waals surface area contributed by atoms with Crippen LogP contribution in [0.15, 0.2) is 16.8 Å². The van der Waals surface area contributed by atoms with Crippen LogP contribution in [0.5, 0.6) is 0 Å². The molecule has 0 radical (unpaired) electrons. The van der Waals surface area contributed by atoms with Crippen molar-refractivity contribution in [3.8, 4) is 0 Å². The average molecular weight is 183 g/mol. The van der Waals surface area contributed by atoms with E-state index in [1.165, 1.54) is 19.3 Å². The van der Waals surface area contributed by atoms with Crippen molar-refractivity contribution in [2.24, 2.45) is 5.16 Å². The lowest BCUT2D eigenvalue weighted by molar-refractivity contribution is 0.318. The highest BCUT2D eigenvalue weighted by Gasteiger charge is 1.98. The molecule has 0 rings (SSSR count). The maximum absolute atomic E-state index is 8.65. The Balaban J connectivity index is 3.86. The number of hydrogen-bond donors (Lipinski definition) is 1. The summed E-state index contributed by atoms with van der Waals surface area (Å²) in [6.07, 6.45) is 7.82. The minimum Gasteiger partial charge on any atom is -0.411 e. The van der Waals surface area contributed by atoms with E-state index in [1.54, 1.807) is 0 Å². The minimum absolute atomic E-state index is 0.798. The molecular formula is C11H21NO. The second-order valence-corrected chi connectivity index (χ2v) is 3.28. The maximum atomic E-state index is 8.65. The second-order valence-electron chi connectivity index (χ2n) is 3.28. The van der Waals surface area contributed by atoms with Crippen molar-refractivity contribution in [2.75, 3.05) is 0 Å². The summed E-state index contributed by atoms with van der Waals surface area (Å²) in [6, 6.07) is 0. The molecule has 0 fully saturated rings. The first-order valence-electron chi connectivity index (χ1n) is 5.14. The fourth-order valence-electron chi connectivity index (χ4n) is 1.26.